The number of carbonyl (C=O) groups is 1. The van der Waals surface area contributed by atoms with E-state index in [1.807, 2.05) is 24.3 Å². The first-order valence-corrected chi connectivity index (χ1v) is 9.06. The zero-order valence-corrected chi connectivity index (χ0v) is 14.4. The molecule has 0 unspecified atom stereocenters. The van der Waals surface area contributed by atoms with Crippen molar-refractivity contribution < 1.29 is 4.79 Å². The monoisotopic (exact) mass is 335 g/mol. The molecule has 2 heterocycles. The van der Waals surface area contributed by atoms with Crippen molar-refractivity contribution in [1.29, 1.82) is 0 Å². The number of carbonyl (C=O) groups excluding carboxylic acids is 1. The Bertz CT molecular complexity index is 531. The highest BCUT2D eigenvalue weighted by Gasteiger charge is 2.27. The van der Waals surface area contributed by atoms with E-state index < -0.39 is 0 Å². The Balaban J connectivity index is 1.43. The number of nitrogens with one attached hydrogen (secondary N) is 1. The van der Waals surface area contributed by atoms with Crippen LogP contribution >= 0.6 is 11.6 Å². The Kier molecular flexibility index (Phi) is 5.92. The topological polar surface area (TPSA) is 35.6 Å². The lowest BCUT2D eigenvalue weighted by atomic mass is 10.0. The summed E-state index contributed by atoms with van der Waals surface area (Å²) in [6.45, 7) is 5.59. The van der Waals surface area contributed by atoms with Crippen LogP contribution in [0.2, 0.25) is 5.02 Å². The van der Waals surface area contributed by atoms with Gasteiger partial charge < -0.3 is 5.32 Å². The predicted octanol–water partition coefficient (Wildman–Crippen LogP) is 2.52. The minimum atomic E-state index is 0.104. The minimum Gasteiger partial charge on any atom is -0.351 e. The van der Waals surface area contributed by atoms with E-state index in [4.69, 9.17) is 11.6 Å². The molecule has 2 aliphatic rings. The van der Waals surface area contributed by atoms with Gasteiger partial charge in [-0.1, -0.05) is 23.7 Å². The maximum absolute atomic E-state index is 12.2. The summed E-state index contributed by atoms with van der Waals surface area (Å²) in [6.07, 6.45) is 5.14. The number of hydrogen-bond donors (Lipinski definition) is 1. The third-order valence-electron chi connectivity index (χ3n) is 4.88. The number of hydrogen-bond acceptors (Lipinski definition) is 3. The average Bonchev–Trinajstić information content (AvgIpc) is 3.08. The SMILES string of the molecule is O=C(CN1CCC[C@@H](N2CCCC2)C1)NCc1cccc(Cl)c1. The highest BCUT2D eigenvalue weighted by atomic mass is 35.5. The molecule has 0 bridgehead atoms. The maximum Gasteiger partial charge on any atom is 0.234 e. The predicted molar refractivity (Wildman–Crippen MR) is 93.6 cm³/mol. The van der Waals surface area contributed by atoms with E-state index >= 15 is 0 Å². The first-order chi connectivity index (χ1) is 11.2. The van der Waals surface area contributed by atoms with E-state index in [0.29, 0.717) is 24.2 Å². The molecule has 0 saturated carbocycles. The van der Waals surface area contributed by atoms with Gasteiger partial charge >= 0.3 is 0 Å². The van der Waals surface area contributed by atoms with Gasteiger partial charge in [0.1, 0.15) is 0 Å². The third kappa shape index (κ3) is 4.93. The first kappa shape index (κ1) is 16.7. The summed E-state index contributed by atoms with van der Waals surface area (Å²) in [4.78, 5) is 17.1. The second kappa shape index (κ2) is 8.13. The van der Waals surface area contributed by atoms with E-state index in [9.17, 15) is 4.79 Å². The lowest BCUT2D eigenvalue weighted by Gasteiger charge is -2.37. The molecule has 5 heteroatoms. The van der Waals surface area contributed by atoms with Gasteiger partial charge in [0, 0.05) is 24.2 Å². The standard InChI is InChI=1S/C18H26ClN3O/c19-16-6-3-5-15(11-16)12-20-18(23)14-21-8-4-7-17(13-21)22-9-1-2-10-22/h3,5-6,11,17H,1-2,4,7-10,12-14H2,(H,20,23)/t17-/m1/s1. The quantitative estimate of drug-likeness (QED) is 0.898. The smallest absolute Gasteiger partial charge is 0.234 e. The summed E-state index contributed by atoms with van der Waals surface area (Å²) in [5, 5.41) is 3.71. The van der Waals surface area contributed by atoms with Crippen molar-refractivity contribution in [3.8, 4) is 0 Å². The van der Waals surface area contributed by atoms with E-state index in [-0.39, 0.29) is 5.91 Å². The first-order valence-electron chi connectivity index (χ1n) is 8.68. The molecule has 2 fully saturated rings. The lowest BCUT2D eigenvalue weighted by molar-refractivity contribution is -0.122. The van der Waals surface area contributed by atoms with E-state index in [1.54, 1.807) is 0 Å². The van der Waals surface area contributed by atoms with Crippen molar-refractivity contribution in [2.45, 2.75) is 38.3 Å². The van der Waals surface area contributed by atoms with Crippen molar-refractivity contribution in [3.05, 3.63) is 34.9 Å². The van der Waals surface area contributed by atoms with Gasteiger partial charge in [-0.15, -0.1) is 0 Å². The molecule has 3 rings (SSSR count). The van der Waals surface area contributed by atoms with E-state index in [2.05, 4.69) is 15.1 Å². The van der Waals surface area contributed by atoms with Crippen molar-refractivity contribution in [2.24, 2.45) is 0 Å². The fourth-order valence-corrected chi connectivity index (χ4v) is 3.90. The summed E-state index contributed by atoms with van der Waals surface area (Å²) in [5.74, 6) is 0.104. The number of halogens is 1. The molecule has 23 heavy (non-hydrogen) atoms. The van der Waals surface area contributed by atoms with Crippen LogP contribution in [0.1, 0.15) is 31.2 Å². The van der Waals surface area contributed by atoms with E-state index in [1.165, 1.54) is 38.8 Å². The minimum absolute atomic E-state index is 0.104. The molecule has 1 amide bonds. The highest BCUT2D eigenvalue weighted by Crippen LogP contribution is 2.20. The molecular weight excluding hydrogens is 310 g/mol. The molecular formula is C18H26ClN3O. The Morgan fingerprint density at radius 1 is 1.22 bits per heavy atom. The van der Waals surface area contributed by atoms with Gasteiger partial charge in [0.25, 0.3) is 0 Å². The van der Waals surface area contributed by atoms with Gasteiger partial charge in [0.05, 0.1) is 6.54 Å². The van der Waals surface area contributed by atoms with Crippen molar-refractivity contribution in [1.82, 2.24) is 15.1 Å². The third-order valence-corrected chi connectivity index (χ3v) is 5.12. The maximum atomic E-state index is 12.2. The van der Waals surface area contributed by atoms with Crippen LogP contribution in [0.3, 0.4) is 0 Å². The van der Waals surface area contributed by atoms with Crippen molar-refractivity contribution in [3.63, 3.8) is 0 Å². The lowest BCUT2D eigenvalue weighted by Crippen LogP contribution is -2.49. The zero-order valence-electron chi connectivity index (χ0n) is 13.6. The molecule has 126 valence electrons. The van der Waals surface area contributed by atoms with Crippen LogP contribution < -0.4 is 5.32 Å². The van der Waals surface area contributed by atoms with Crippen molar-refractivity contribution >= 4 is 17.5 Å². The van der Waals surface area contributed by atoms with Gasteiger partial charge in [-0.3, -0.25) is 14.6 Å². The number of amides is 1. The second-order valence-electron chi connectivity index (χ2n) is 6.68. The highest BCUT2D eigenvalue weighted by molar-refractivity contribution is 6.30. The summed E-state index contributed by atoms with van der Waals surface area (Å²) >= 11 is 5.97. The molecule has 0 aromatic heterocycles. The molecule has 0 radical (unpaired) electrons. The molecule has 0 aliphatic carbocycles. The van der Waals surface area contributed by atoms with Crippen LogP contribution in [0.5, 0.6) is 0 Å². The van der Waals surface area contributed by atoms with Crippen LogP contribution in [0.15, 0.2) is 24.3 Å². The molecule has 1 aromatic carbocycles. The van der Waals surface area contributed by atoms with Crippen LogP contribution in [-0.4, -0.2) is 54.5 Å². The van der Waals surface area contributed by atoms with Gasteiger partial charge in [-0.05, 0) is 63.0 Å². The Hall–Kier alpha value is -1.10. The molecule has 1 aromatic rings. The van der Waals surface area contributed by atoms with Gasteiger partial charge in [0.15, 0.2) is 0 Å². The summed E-state index contributed by atoms with van der Waals surface area (Å²) in [5.41, 5.74) is 1.04. The van der Waals surface area contributed by atoms with Crippen LogP contribution in [0.25, 0.3) is 0 Å². The molecule has 1 atom stereocenters. The largest absolute Gasteiger partial charge is 0.351 e. The van der Waals surface area contributed by atoms with Crippen molar-refractivity contribution in [2.75, 3.05) is 32.7 Å². The normalized spacial score (nSPS) is 23.1. The molecule has 0 spiro atoms. The number of benzene rings is 1. The fourth-order valence-electron chi connectivity index (χ4n) is 3.69. The molecule has 2 saturated heterocycles. The Labute approximate surface area is 143 Å². The molecule has 4 nitrogen and oxygen atoms in total. The zero-order chi connectivity index (χ0) is 16.1. The molecule has 2 aliphatic heterocycles. The van der Waals surface area contributed by atoms with Crippen LogP contribution in [0, 0.1) is 0 Å². The summed E-state index contributed by atoms with van der Waals surface area (Å²) in [6, 6.07) is 8.28. The fraction of sp³-hybridized carbons (Fsp3) is 0.611. The summed E-state index contributed by atoms with van der Waals surface area (Å²) in [7, 11) is 0. The number of rotatable bonds is 5. The van der Waals surface area contributed by atoms with Gasteiger partial charge in [-0.2, -0.15) is 0 Å². The van der Waals surface area contributed by atoms with E-state index in [0.717, 1.165) is 18.7 Å². The number of piperidine rings is 1. The summed E-state index contributed by atoms with van der Waals surface area (Å²) < 4.78 is 0. The molecule has 1 N–H and O–H groups in total. The number of likely N-dealkylation sites (tertiary alicyclic amines) is 2. The Morgan fingerprint density at radius 2 is 2.04 bits per heavy atom. The van der Waals surface area contributed by atoms with Crippen LogP contribution in [0.4, 0.5) is 0 Å². The average molecular weight is 336 g/mol. The van der Waals surface area contributed by atoms with Crippen LogP contribution in [-0.2, 0) is 11.3 Å². The van der Waals surface area contributed by atoms with Gasteiger partial charge in [0.2, 0.25) is 5.91 Å². The number of nitrogens with zero attached hydrogens (tertiary/aromatic N) is 2. The van der Waals surface area contributed by atoms with Gasteiger partial charge in [-0.25, -0.2) is 0 Å². The Morgan fingerprint density at radius 3 is 2.83 bits per heavy atom. The second-order valence-corrected chi connectivity index (χ2v) is 7.12.